The topological polar surface area (TPSA) is 79.0 Å². The van der Waals surface area contributed by atoms with Crippen LogP contribution in [0, 0.1) is 5.92 Å². The van der Waals surface area contributed by atoms with Crippen molar-refractivity contribution >= 4 is 29.0 Å². The van der Waals surface area contributed by atoms with E-state index in [0.29, 0.717) is 41.6 Å². The number of carbonyl (C=O) groups excluding carboxylic acids is 3. The second-order valence-electron chi connectivity index (χ2n) is 8.51. The Balaban J connectivity index is 1.66. The van der Waals surface area contributed by atoms with E-state index in [9.17, 15) is 14.4 Å². The Morgan fingerprint density at radius 1 is 1.10 bits per heavy atom. The van der Waals surface area contributed by atoms with Gasteiger partial charge in [-0.3, -0.25) is 19.3 Å². The molecule has 2 fully saturated rings. The molecule has 1 aromatic rings. The van der Waals surface area contributed by atoms with Crippen molar-refractivity contribution in [2.24, 2.45) is 5.92 Å². The van der Waals surface area contributed by atoms with Crippen LogP contribution >= 0.6 is 0 Å². The summed E-state index contributed by atoms with van der Waals surface area (Å²) in [5.74, 6) is -0.000206. The van der Waals surface area contributed by atoms with Gasteiger partial charge in [-0.05, 0) is 49.3 Å². The van der Waals surface area contributed by atoms with E-state index in [0.717, 1.165) is 38.8 Å². The van der Waals surface area contributed by atoms with E-state index in [-0.39, 0.29) is 23.8 Å². The number of hydrogen-bond acceptors (Lipinski definition) is 5. The molecule has 3 heterocycles. The summed E-state index contributed by atoms with van der Waals surface area (Å²) < 4.78 is 5.68. The van der Waals surface area contributed by atoms with Crippen LogP contribution in [0.25, 0.3) is 5.57 Å². The van der Waals surface area contributed by atoms with Crippen molar-refractivity contribution < 1.29 is 19.1 Å². The number of amides is 3. The summed E-state index contributed by atoms with van der Waals surface area (Å²) in [5.41, 5.74) is 2.33. The molecule has 160 valence electrons. The SMILES string of the molecule is CC(=O)Nc1ccc(C2=C(N3CCC(C)CC3)C(=O)N(CC3CCCO3)C2=O)cc1. The van der Waals surface area contributed by atoms with Crippen LogP contribution in [0.1, 0.15) is 45.1 Å². The fourth-order valence-electron chi connectivity index (χ4n) is 4.43. The maximum Gasteiger partial charge on any atom is 0.277 e. The third-order valence-corrected chi connectivity index (χ3v) is 6.15. The Labute approximate surface area is 177 Å². The largest absolute Gasteiger partial charge is 0.376 e. The zero-order valence-corrected chi connectivity index (χ0v) is 17.6. The normalized spacial score (nSPS) is 22.9. The zero-order chi connectivity index (χ0) is 21.3. The molecule has 0 saturated carbocycles. The number of imide groups is 1. The molecule has 1 atom stereocenters. The molecule has 3 amide bonds. The van der Waals surface area contributed by atoms with Crippen LogP contribution in [0.4, 0.5) is 5.69 Å². The molecule has 0 aromatic heterocycles. The van der Waals surface area contributed by atoms with Gasteiger partial charge in [-0.2, -0.15) is 0 Å². The van der Waals surface area contributed by atoms with Crippen LogP contribution in [0.2, 0.25) is 0 Å². The number of anilines is 1. The minimum absolute atomic E-state index is 0.0815. The maximum atomic E-state index is 13.4. The average Bonchev–Trinajstić information content (AvgIpc) is 3.31. The van der Waals surface area contributed by atoms with E-state index >= 15 is 0 Å². The lowest BCUT2D eigenvalue weighted by atomic mass is 9.97. The lowest BCUT2D eigenvalue weighted by Crippen LogP contribution is -2.41. The van der Waals surface area contributed by atoms with E-state index in [1.54, 1.807) is 24.3 Å². The molecule has 0 aliphatic carbocycles. The van der Waals surface area contributed by atoms with Gasteiger partial charge in [0, 0.05) is 32.3 Å². The van der Waals surface area contributed by atoms with Gasteiger partial charge in [-0.15, -0.1) is 0 Å². The van der Waals surface area contributed by atoms with Gasteiger partial charge in [-0.1, -0.05) is 19.1 Å². The maximum absolute atomic E-state index is 13.4. The number of benzene rings is 1. The minimum atomic E-state index is -0.253. The molecule has 30 heavy (non-hydrogen) atoms. The van der Waals surface area contributed by atoms with Crippen LogP contribution in [0.15, 0.2) is 30.0 Å². The lowest BCUT2D eigenvalue weighted by Gasteiger charge is -2.32. The van der Waals surface area contributed by atoms with Crippen molar-refractivity contribution in [3.8, 4) is 0 Å². The first-order chi connectivity index (χ1) is 14.4. The zero-order valence-electron chi connectivity index (χ0n) is 17.6. The van der Waals surface area contributed by atoms with Gasteiger partial charge >= 0.3 is 0 Å². The monoisotopic (exact) mass is 411 g/mol. The van der Waals surface area contributed by atoms with Crippen LogP contribution in [-0.2, 0) is 19.1 Å². The first-order valence-electron chi connectivity index (χ1n) is 10.8. The summed E-state index contributed by atoms with van der Waals surface area (Å²) in [6.07, 6.45) is 3.76. The third kappa shape index (κ3) is 4.12. The van der Waals surface area contributed by atoms with Crippen molar-refractivity contribution in [3.05, 3.63) is 35.5 Å². The van der Waals surface area contributed by atoms with E-state index in [4.69, 9.17) is 4.74 Å². The minimum Gasteiger partial charge on any atom is -0.376 e. The van der Waals surface area contributed by atoms with Crippen molar-refractivity contribution in [1.82, 2.24) is 9.80 Å². The third-order valence-electron chi connectivity index (χ3n) is 6.15. The lowest BCUT2D eigenvalue weighted by molar-refractivity contribution is -0.139. The highest BCUT2D eigenvalue weighted by molar-refractivity contribution is 6.35. The molecule has 7 nitrogen and oxygen atoms in total. The average molecular weight is 412 g/mol. The molecule has 4 rings (SSSR count). The van der Waals surface area contributed by atoms with Crippen molar-refractivity contribution in [2.45, 2.75) is 45.6 Å². The summed E-state index contributed by atoms with van der Waals surface area (Å²) in [6, 6.07) is 7.13. The molecular weight excluding hydrogens is 382 g/mol. The molecule has 0 spiro atoms. The molecule has 0 radical (unpaired) electrons. The Morgan fingerprint density at radius 2 is 1.80 bits per heavy atom. The van der Waals surface area contributed by atoms with Gasteiger partial charge < -0.3 is 15.0 Å². The molecule has 3 aliphatic rings. The second-order valence-corrected chi connectivity index (χ2v) is 8.51. The fourth-order valence-corrected chi connectivity index (χ4v) is 4.43. The molecule has 0 bridgehead atoms. The number of rotatable bonds is 5. The van der Waals surface area contributed by atoms with E-state index < -0.39 is 0 Å². The predicted molar refractivity (Wildman–Crippen MR) is 113 cm³/mol. The Bertz CT molecular complexity index is 863. The van der Waals surface area contributed by atoms with Crippen LogP contribution in [0.5, 0.6) is 0 Å². The van der Waals surface area contributed by atoms with E-state index in [1.165, 1.54) is 11.8 Å². The second kappa shape index (κ2) is 8.60. The highest BCUT2D eigenvalue weighted by Crippen LogP contribution is 2.35. The van der Waals surface area contributed by atoms with Gasteiger partial charge in [0.25, 0.3) is 11.8 Å². The van der Waals surface area contributed by atoms with Crippen LogP contribution in [-0.4, -0.2) is 59.9 Å². The number of nitrogens with zero attached hydrogens (tertiary/aromatic N) is 2. The van der Waals surface area contributed by atoms with Crippen molar-refractivity contribution in [2.75, 3.05) is 31.6 Å². The molecule has 7 heteroatoms. The molecule has 1 unspecified atom stereocenters. The highest BCUT2D eigenvalue weighted by atomic mass is 16.5. The van der Waals surface area contributed by atoms with Crippen LogP contribution in [0.3, 0.4) is 0 Å². The molecule has 1 aromatic carbocycles. The van der Waals surface area contributed by atoms with Gasteiger partial charge in [0.1, 0.15) is 5.70 Å². The summed E-state index contributed by atoms with van der Waals surface area (Å²) in [4.78, 5) is 41.5. The molecule has 1 N–H and O–H groups in total. The number of hydrogen-bond donors (Lipinski definition) is 1. The first-order valence-corrected chi connectivity index (χ1v) is 10.8. The quantitative estimate of drug-likeness (QED) is 0.754. The van der Waals surface area contributed by atoms with Crippen molar-refractivity contribution in [3.63, 3.8) is 0 Å². The Morgan fingerprint density at radius 3 is 2.40 bits per heavy atom. The molecule has 3 aliphatic heterocycles. The Hall–Kier alpha value is -2.67. The molecular formula is C23H29N3O4. The van der Waals surface area contributed by atoms with Gasteiger partial charge in [0.2, 0.25) is 5.91 Å². The van der Waals surface area contributed by atoms with E-state index in [2.05, 4.69) is 17.1 Å². The summed E-state index contributed by atoms with van der Waals surface area (Å²) in [5, 5.41) is 2.73. The number of likely N-dealkylation sites (tertiary alicyclic amines) is 1. The molecule has 2 saturated heterocycles. The van der Waals surface area contributed by atoms with E-state index in [1.807, 2.05) is 0 Å². The number of ether oxygens (including phenoxy) is 1. The summed E-state index contributed by atoms with van der Waals surface area (Å²) in [7, 11) is 0. The Kier molecular flexibility index (Phi) is 5.90. The number of carbonyl (C=O) groups is 3. The van der Waals surface area contributed by atoms with Gasteiger partial charge in [0.05, 0.1) is 18.2 Å². The smallest absolute Gasteiger partial charge is 0.277 e. The summed E-state index contributed by atoms with van der Waals surface area (Å²) >= 11 is 0. The van der Waals surface area contributed by atoms with Gasteiger partial charge in [-0.25, -0.2) is 0 Å². The fraction of sp³-hybridized carbons (Fsp3) is 0.522. The highest BCUT2D eigenvalue weighted by Gasteiger charge is 2.43. The number of nitrogens with one attached hydrogen (secondary N) is 1. The first kappa shape index (κ1) is 20.6. The predicted octanol–water partition coefficient (Wildman–Crippen LogP) is 2.64. The summed E-state index contributed by atoms with van der Waals surface area (Å²) in [6.45, 7) is 6.21. The van der Waals surface area contributed by atoms with Gasteiger partial charge in [0.15, 0.2) is 0 Å². The number of piperidine rings is 1. The van der Waals surface area contributed by atoms with Crippen LogP contribution < -0.4 is 5.32 Å². The standard InChI is InChI=1S/C23H29N3O4/c1-15-9-11-25(12-10-15)21-20(17-5-7-18(8-6-17)24-16(2)27)22(28)26(23(21)29)14-19-4-3-13-30-19/h5-8,15,19H,3-4,9-14H2,1-2H3,(H,24,27). The van der Waals surface area contributed by atoms with Crippen molar-refractivity contribution in [1.29, 1.82) is 0 Å².